The normalized spacial score (nSPS) is 13.0. The number of hydrogen-bond donors (Lipinski definition) is 0. The fourth-order valence-corrected chi connectivity index (χ4v) is 9.74. The molecular formula is C56H39N3O. The van der Waals surface area contributed by atoms with Gasteiger partial charge in [0.15, 0.2) is 0 Å². The zero-order valence-corrected chi connectivity index (χ0v) is 33.3. The first-order chi connectivity index (χ1) is 29.5. The average Bonchev–Trinajstić information content (AvgIpc) is 3.92. The summed E-state index contributed by atoms with van der Waals surface area (Å²) in [5, 5.41) is 4.69. The van der Waals surface area contributed by atoms with Crippen molar-refractivity contribution in [3.63, 3.8) is 0 Å². The summed E-state index contributed by atoms with van der Waals surface area (Å²) in [6.45, 7) is 4.72. The van der Waals surface area contributed by atoms with E-state index in [1.807, 2.05) is 36.5 Å². The van der Waals surface area contributed by atoms with E-state index in [1.165, 1.54) is 49.6 Å². The van der Waals surface area contributed by atoms with Crippen LogP contribution in [0.1, 0.15) is 25.0 Å². The van der Waals surface area contributed by atoms with Gasteiger partial charge in [0.05, 0.1) is 27.8 Å². The fraction of sp³-hybridized carbons (Fsp3) is 0.0536. The molecular weight excluding hydrogens is 731 g/mol. The van der Waals surface area contributed by atoms with Crippen molar-refractivity contribution in [2.75, 3.05) is 4.90 Å². The molecule has 0 aliphatic heterocycles. The Kier molecular flexibility index (Phi) is 7.54. The van der Waals surface area contributed by atoms with E-state index >= 15 is 0 Å². The molecule has 11 aromatic rings. The zero-order chi connectivity index (χ0) is 40.0. The Morgan fingerprint density at radius 2 is 1.17 bits per heavy atom. The lowest BCUT2D eigenvalue weighted by Gasteiger charge is -2.26. The second kappa shape index (κ2) is 13.2. The molecule has 4 nitrogen and oxygen atoms in total. The predicted octanol–water partition coefficient (Wildman–Crippen LogP) is 15.2. The Morgan fingerprint density at radius 1 is 0.483 bits per heavy atom. The maximum absolute atomic E-state index is 6.38. The molecule has 0 atom stereocenters. The van der Waals surface area contributed by atoms with Crippen LogP contribution in [0, 0.1) is 0 Å². The highest BCUT2D eigenvalue weighted by molar-refractivity contribution is 6.14. The van der Waals surface area contributed by atoms with Gasteiger partial charge in [0.1, 0.15) is 11.2 Å². The molecule has 0 amide bonds. The van der Waals surface area contributed by atoms with Gasteiger partial charge in [-0.15, -0.1) is 0 Å². The molecule has 8 aromatic carbocycles. The molecule has 1 aliphatic carbocycles. The number of para-hydroxylation sites is 2. The van der Waals surface area contributed by atoms with Crippen LogP contribution >= 0.6 is 0 Å². The van der Waals surface area contributed by atoms with Crippen LogP contribution in [0.4, 0.5) is 17.1 Å². The molecule has 0 bridgehead atoms. The highest BCUT2D eigenvalue weighted by atomic mass is 16.3. The number of hydrogen-bond acceptors (Lipinski definition) is 3. The van der Waals surface area contributed by atoms with Gasteiger partial charge in [0.25, 0.3) is 0 Å². The van der Waals surface area contributed by atoms with Crippen molar-refractivity contribution in [3.8, 4) is 39.2 Å². The topological polar surface area (TPSA) is 34.2 Å². The van der Waals surface area contributed by atoms with Crippen LogP contribution in [0.2, 0.25) is 0 Å². The van der Waals surface area contributed by atoms with Crippen molar-refractivity contribution in [3.05, 3.63) is 211 Å². The second-order valence-corrected chi connectivity index (χ2v) is 16.4. The van der Waals surface area contributed by atoms with Gasteiger partial charge < -0.3 is 13.9 Å². The third-order valence-corrected chi connectivity index (χ3v) is 12.6. The van der Waals surface area contributed by atoms with E-state index < -0.39 is 0 Å². The van der Waals surface area contributed by atoms with Crippen LogP contribution in [-0.4, -0.2) is 9.55 Å². The second-order valence-electron chi connectivity index (χ2n) is 16.4. The van der Waals surface area contributed by atoms with E-state index in [-0.39, 0.29) is 5.41 Å². The average molecular weight is 770 g/mol. The predicted molar refractivity (Wildman–Crippen MR) is 249 cm³/mol. The minimum absolute atomic E-state index is 0.0870. The number of nitrogens with zero attached hydrogens (tertiary/aromatic N) is 3. The van der Waals surface area contributed by atoms with Crippen molar-refractivity contribution in [2.45, 2.75) is 19.3 Å². The van der Waals surface area contributed by atoms with Gasteiger partial charge in [0.2, 0.25) is 0 Å². The number of pyridine rings is 1. The summed E-state index contributed by atoms with van der Waals surface area (Å²) in [6, 6.07) is 69.9. The van der Waals surface area contributed by atoms with E-state index in [0.29, 0.717) is 0 Å². The SMILES string of the molecule is CC1(C)c2ccccc2-c2cc3c4cc(-c5ccc(N(c6ccc(-c7ccccn7)cc6)c6cccc7oc8ccccc8c67)cc5)ccc4n(-c4ccccc4)c3cc21. The van der Waals surface area contributed by atoms with E-state index in [4.69, 9.17) is 4.42 Å². The third kappa shape index (κ3) is 5.20. The first-order valence-corrected chi connectivity index (χ1v) is 20.6. The van der Waals surface area contributed by atoms with Crippen LogP contribution in [0.15, 0.2) is 205 Å². The smallest absolute Gasteiger partial charge is 0.137 e. The molecule has 0 spiro atoms. The van der Waals surface area contributed by atoms with Gasteiger partial charge in [-0.2, -0.15) is 0 Å². The molecule has 12 rings (SSSR count). The summed E-state index contributed by atoms with van der Waals surface area (Å²) in [5.41, 5.74) is 18.2. The maximum atomic E-state index is 6.38. The van der Waals surface area contributed by atoms with E-state index in [1.54, 1.807) is 0 Å². The van der Waals surface area contributed by atoms with Crippen molar-refractivity contribution >= 4 is 60.8 Å². The largest absolute Gasteiger partial charge is 0.456 e. The highest BCUT2D eigenvalue weighted by Gasteiger charge is 2.36. The molecule has 0 saturated carbocycles. The number of anilines is 3. The quantitative estimate of drug-likeness (QED) is 0.169. The number of rotatable bonds is 6. The zero-order valence-electron chi connectivity index (χ0n) is 33.3. The van der Waals surface area contributed by atoms with Crippen molar-refractivity contribution in [2.24, 2.45) is 0 Å². The van der Waals surface area contributed by atoms with Crippen LogP contribution in [0.5, 0.6) is 0 Å². The maximum Gasteiger partial charge on any atom is 0.137 e. The van der Waals surface area contributed by atoms with E-state index in [0.717, 1.165) is 61.5 Å². The van der Waals surface area contributed by atoms with Crippen molar-refractivity contribution in [1.82, 2.24) is 9.55 Å². The Balaban J connectivity index is 1.01. The van der Waals surface area contributed by atoms with Gasteiger partial charge in [-0.05, 0) is 124 Å². The molecule has 1 aliphatic rings. The van der Waals surface area contributed by atoms with Gasteiger partial charge in [-0.25, -0.2) is 0 Å². The molecule has 284 valence electrons. The molecule has 3 heterocycles. The highest BCUT2D eigenvalue weighted by Crippen LogP contribution is 2.51. The summed E-state index contributed by atoms with van der Waals surface area (Å²) in [6.07, 6.45) is 1.84. The molecule has 4 heteroatoms. The lowest BCUT2D eigenvalue weighted by molar-refractivity contribution is 0.661. The van der Waals surface area contributed by atoms with Crippen LogP contribution in [0.25, 0.3) is 82.9 Å². The van der Waals surface area contributed by atoms with Gasteiger partial charge >= 0.3 is 0 Å². The first-order valence-electron chi connectivity index (χ1n) is 20.6. The summed E-state index contributed by atoms with van der Waals surface area (Å²) in [4.78, 5) is 6.94. The molecule has 0 saturated heterocycles. The van der Waals surface area contributed by atoms with Crippen molar-refractivity contribution < 1.29 is 4.42 Å². The Hall–Kier alpha value is -7.69. The minimum Gasteiger partial charge on any atom is -0.456 e. The number of benzene rings is 8. The van der Waals surface area contributed by atoms with E-state index in [2.05, 4.69) is 192 Å². The molecule has 0 fully saturated rings. The molecule has 0 radical (unpaired) electrons. The fourth-order valence-electron chi connectivity index (χ4n) is 9.74. The van der Waals surface area contributed by atoms with Crippen LogP contribution in [-0.2, 0) is 5.41 Å². The number of aromatic nitrogens is 2. The number of fused-ring (bicyclic) bond motifs is 9. The standard InChI is InChI=1S/C56H39N3O/c1-56(2)47-17-8-6-15-42(47)44-34-46-45-33-38(26-31-50(45)59(52(46)35-48(44)56)39-13-4-3-5-14-39)36-22-27-40(28-23-36)58(41-29-24-37(25-30-41)49-18-10-11-32-57-49)51-19-12-21-54-55(51)43-16-7-9-20-53(43)60-54/h3-35H,1-2H3. The summed E-state index contributed by atoms with van der Waals surface area (Å²) >= 11 is 0. The summed E-state index contributed by atoms with van der Waals surface area (Å²) < 4.78 is 8.82. The van der Waals surface area contributed by atoms with Gasteiger partial charge in [0, 0.05) is 50.4 Å². The minimum atomic E-state index is -0.0870. The number of furan rings is 1. The lowest BCUT2D eigenvalue weighted by Crippen LogP contribution is -2.14. The molecule has 0 N–H and O–H groups in total. The monoisotopic (exact) mass is 769 g/mol. The third-order valence-electron chi connectivity index (χ3n) is 12.6. The first kappa shape index (κ1) is 34.4. The Morgan fingerprint density at radius 3 is 1.97 bits per heavy atom. The molecule has 3 aromatic heterocycles. The van der Waals surface area contributed by atoms with Crippen molar-refractivity contribution in [1.29, 1.82) is 0 Å². The van der Waals surface area contributed by atoms with Crippen LogP contribution < -0.4 is 4.90 Å². The summed E-state index contributed by atoms with van der Waals surface area (Å²) in [5.74, 6) is 0. The molecule has 0 unspecified atom stereocenters. The molecule has 60 heavy (non-hydrogen) atoms. The Bertz CT molecular complexity index is 3430. The van der Waals surface area contributed by atoms with Gasteiger partial charge in [-0.1, -0.05) is 117 Å². The van der Waals surface area contributed by atoms with Gasteiger partial charge in [-0.3, -0.25) is 4.98 Å². The van der Waals surface area contributed by atoms with E-state index in [9.17, 15) is 0 Å². The summed E-state index contributed by atoms with van der Waals surface area (Å²) in [7, 11) is 0. The Labute approximate surface area is 348 Å². The lowest BCUT2D eigenvalue weighted by atomic mass is 9.82. The van der Waals surface area contributed by atoms with Crippen LogP contribution in [0.3, 0.4) is 0 Å².